The van der Waals surface area contributed by atoms with Gasteiger partial charge in [-0.25, -0.2) is 5.84 Å². The maximum absolute atomic E-state index is 5.50. The van der Waals surface area contributed by atoms with Crippen LogP contribution in [0.5, 0.6) is 0 Å². The van der Waals surface area contributed by atoms with Crippen LogP contribution < -0.4 is 16.6 Å². The number of nitrogens with zero attached hydrogens (tertiary/aromatic N) is 1. The van der Waals surface area contributed by atoms with Gasteiger partial charge < -0.3 is 10.1 Å². The molecule has 0 heterocycles. The Labute approximate surface area is 111 Å². The zero-order valence-corrected chi connectivity index (χ0v) is 11.9. The lowest BCUT2D eigenvalue weighted by Crippen LogP contribution is -2.50. The fraction of sp³-hybridized carbons (Fsp3) is 0.923. The van der Waals surface area contributed by atoms with Gasteiger partial charge in [-0.05, 0) is 37.5 Å². The maximum atomic E-state index is 5.50. The van der Waals surface area contributed by atoms with Crippen molar-refractivity contribution in [3.8, 4) is 0 Å². The second-order valence-corrected chi connectivity index (χ2v) is 5.37. The quantitative estimate of drug-likeness (QED) is 0.228. The van der Waals surface area contributed by atoms with Gasteiger partial charge in [0.1, 0.15) is 0 Å². The van der Waals surface area contributed by atoms with E-state index in [9.17, 15) is 0 Å². The van der Waals surface area contributed by atoms with Crippen molar-refractivity contribution in [2.75, 3.05) is 20.3 Å². The number of hydrazine groups is 1. The Morgan fingerprint density at radius 2 is 2.17 bits per heavy atom. The molecule has 0 bridgehead atoms. The van der Waals surface area contributed by atoms with Crippen molar-refractivity contribution < 1.29 is 4.74 Å². The smallest absolute Gasteiger partial charge is 0.205 e. The highest BCUT2D eigenvalue weighted by molar-refractivity contribution is 5.79. The minimum absolute atomic E-state index is 0.485. The molecule has 4 N–H and O–H groups in total. The van der Waals surface area contributed by atoms with Crippen molar-refractivity contribution >= 4 is 5.96 Å². The molecular formula is C13H28N4O. The molecule has 1 aliphatic rings. The molecule has 0 amide bonds. The molecule has 0 radical (unpaired) electrons. The van der Waals surface area contributed by atoms with Gasteiger partial charge in [-0.2, -0.15) is 0 Å². The predicted octanol–water partition coefficient (Wildman–Crippen LogP) is 1.26. The van der Waals surface area contributed by atoms with Crippen LogP contribution in [0.2, 0.25) is 0 Å². The van der Waals surface area contributed by atoms with E-state index in [1.165, 1.54) is 19.3 Å². The van der Waals surface area contributed by atoms with Crippen molar-refractivity contribution in [2.45, 2.75) is 45.6 Å². The highest BCUT2D eigenvalue weighted by Crippen LogP contribution is 2.28. The summed E-state index contributed by atoms with van der Waals surface area (Å²) in [6.07, 6.45) is 4.67. The number of rotatable bonds is 5. The fourth-order valence-corrected chi connectivity index (χ4v) is 2.59. The Morgan fingerprint density at radius 3 is 2.78 bits per heavy atom. The zero-order valence-electron chi connectivity index (χ0n) is 11.9. The van der Waals surface area contributed by atoms with Crippen LogP contribution in [0, 0.1) is 11.8 Å². The molecule has 5 heteroatoms. The Kier molecular flexibility index (Phi) is 7.05. The molecule has 0 saturated heterocycles. The summed E-state index contributed by atoms with van der Waals surface area (Å²) in [5, 5.41) is 3.43. The third-order valence-electron chi connectivity index (χ3n) is 3.67. The van der Waals surface area contributed by atoms with E-state index >= 15 is 0 Å². The zero-order chi connectivity index (χ0) is 13.4. The fourth-order valence-electron chi connectivity index (χ4n) is 2.59. The second kappa shape index (κ2) is 8.32. The first-order valence-electron chi connectivity index (χ1n) is 6.94. The highest BCUT2D eigenvalue weighted by Gasteiger charge is 2.25. The number of guanidine groups is 1. The number of nitrogens with one attached hydrogen (secondary N) is 2. The number of hydrogen-bond acceptors (Lipinski definition) is 3. The van der Waals surface area contributed by atoms with Crippen molar-refractivity contribution in [1.29, 1.82) is 0 Å². The molecule has 106 valence electrons. The van der Waals surface area contributed by atoms with Gasteiger partial charge in [-0.3, -0.25) is 10.4 Å². The normalized spacial score (nSPS) is 29.1. The van der Waals surface area contributed by atoms with Gasteiger partial charge in [-0.1, -0.05) is 13.8 Å². The van der Waals surface area contributed by atoms with E-state index in [4.69, 9.17) is 10.6 Å². The van der Waals surface area contributed by atoms with Crippen LogP contribution in [0.4, 0.5) is 0 Å². The van der Waals surface area contributed by atoms with Crippen molar-refractivity contribution in [3.63, 3.8) is 0 Å². The first kappa shape index (κ1) is 15.2. The van der Waals surface area contributed by atoms with E-state index in [0.29, 0.717) is 17.9 Å². The lowest BCUT2D eigenvalue weighted by atomic mass is 9.80. The van der Waals surface area contributed by atoms with Gasteiger partial charge in [0.25, 0.3) is 0 Å². The third kappa shape index (κ3) is 5.23. The van der Waals surface area contributed by atoms with Gasteiger partial charge in [0.05, 0.1) is 0 Å². The van der Waals surface area contributed by atoms with Crippen LogP contribution in [0.15, 0.2) is 4.99 Å². The highest BCUT2D eigenvalue weighted by atomic mass is 16.5. The Bertz CT molecular complexity index is 257. The predicted molar refractivity (Wildman–Crippen MR) is 75.2 cm³/mol. The van der Waals surface area contributed by atoms with Crippen LogP contribution in [0.25, 0.3) is 0 Å². The summed E-state index contributed by atoms with van der Waals surface area (Å²) in [6.45, 7) is 6.09. The summed E-state index contributed by atoms with van der Waals surface area (Å²) in [7, 11) is 1.70. The lowest BCUT2D eigenvalue weighted by molar-refractivity contribution is 0.197. The summed E-state index contributed by atoms with van der Waals surface area (Å²) < 4.78 is 4.99. The monoisotopic (exact) mass is 256 g/mol. The van der Waals surface area contributed by atoms with Crippen LogP contribution in [0.3, 0.4) is 0 Å². The summed E-state index contributed by atoms with van der Waals surface area (Å²) in [5.74, 6) is 7.72. The van der Waals surface area contributed by atoms with Gasteiger partial charge in [0.2, 0.25) is 5.96 Å². The molecule has 0 aromatic rings. The molecule has 1 rings (SSSR count). The van der Waals surface area contributed by atoms with Crippen LogP contribution in [-0.4, -0.2) is 32.3 Å². The summed E-state index contributed by atoms with van der Waals surface area (Å²) in [4.78, 5) is 4.42. The molecule has 3 unspecified atom stereocenters. The largest absolute Gasteiger partial charge is 0.385 e. The molecule has 3 atom stereocenters. The Balaban J connectivity index is 2.37. The number of aliphatic imine (C=N–C) groups is 1. The SMILES string of the molecule is COCCCN=C(NN)NC1CCC(C)CC1C. The minimum atomic E-state index is 0.485. The first-order valence-corrected chi connectivity index (χ1v) is 6.94. The van der Waals surface area contributed by atoms with E-state index in [2.05, 4.69) is 29.6 Å². The van der Waals surface area contributed by atoms with Gasteiger partial charge >= 0.3 is 0 Å². The second-order valence-electron chi connectivity index (χ2n) is 5.37. The Morgan fingerprint density at radius 1 is 1.39 bits per heavy atom. The molecule has 1 saturated carbocycles. The van der Waals surface area contributed by atoms with E-state index in [0.717, 1.165) is 25.5 Å². The van der Waals surface area contributed by atoms with E-state index in [1.807, 2.05) is 0 Å². The van der Waals surface area contributed by atoms with Crippen molar-refractivity contribution in [3.05, 3.63) is 0 Å². The summed E-state index contributed by atoms with van der Waals surface area (Å²) >= 11 is 0. The van der Waals surface area contributed by atoms with Gasteiger partial charge in [-0.15, -0.1) is 0 Å². The molecule has 5 nitrogen and oxygen atoms in total. The number of hydrogen-bond donors (Lipinski definition) is 3. The lowest BCUT2D eigenvalue weighted by Gasteiger charge is -2.33. The van der Waals surface area contributed by atoms with Gasteiger partial charge in [0, 0.05) is 26.3 Å². The molecular weight excluding hydrogens is 228 g/mol. The standard InChI is InChI=1S/C13H28N4O/c1-10-5-6-12(11(2)9-10)16-13(17-14)15-7-4-8-18-3/h10-12H,4-9,14H2,1-3H3,(H2,15,16,17). The number of nitrogens with two attached hydrogens (primary N) is 1. The number of methoxy groups -OCH3 is 1. The first-order chi connectivity index (χ1) is 8.67. The number of ether oxygens (including phenoxy) is 1. The average molecular weight is 256 g/mol. The average Bonchev–Trinajstić information content (AvgIpc) is 2.35. The summed E-state index contributed by atoms with van der Waals surface area (Å²) in [5.41, 5.74) is 2.66. The molecule has 0 aromatic carbocycles. The van der Waals surface area contributed by atoms with Crippen molar-refractivity contribution in [1.82, 2.24) is 10.7 Å². The molecule has 0 aromatic heterocycles. The third-order valence-corrected chi connectivity index (χ3v) is 3.67. The molecule has 0 aliphatic heterocycles. The molecule has 1 aliphatic carbocycles. The van der Waals surface area contributed by atoms with Crippen LogP contribution >= 0.6 is 0 Å². The minimum Gasteiger partial charge on any atom is -0.385 e. The Hall–Kier alpha value is -0.810. The maximum Gasteiger partial charge on any atom is 0.205 e. The summed E-state index contributed by atoms with van der Waals surface area (Å²) in [6, 6.07) is 0.485. The van der Waals surface area contributed by atoms with Crippen LogP contribution in [-0.2, 0) is 4.74 Å². The molecule has 18 heavy (non-hydrogen) atoms. The van der Waals surface area contributed by atoms with Gasteiger partial charge in [0.15, 0.2) is 0 Å². The topological polar surface area (TPSA) is 71.7 Å². The van der Waals surface area contributed by atoms with E-state index < -0.39 is 0 Å². The van der Waals surface area contributed by atoms with Crippen LogP contribution in [0.1, 0.15) is 39.5 Å². The van der Waals surface area contributed by atoms with Crippen molar-refractivity contribution in [2.24, 2.45) is 22.7 Å². The van der Waals surface area contributed by atoms with E-state index in [1.54, 1.807) is 7.11 Å². The molecule has 1 fully saturated rings. The van der Waals surface area contributed by atoms with E-state index in [-0.39, 0.29) is 0 Å². The molecule has 0 spiro atoms.